The Balaban J connectivity index is 0.00000529. The number of aliphatic carboxylic acids is 1. The number of carbonyl (C=O) groups is 2. The second kappa shape index (κ2) is 16.7. The lowest BCUT2D eigenvalue weighted by Crippen LogP contribution is -2.37. The van der Waals surface area contributed by atoms with E-state index in [4.69, 9.17) is 4.74 Å². The molecule has 9 nitrogen and oxygen atoms in total. The van der Waals surface area contributed by atoms with Gasteiger partial charge in [-0.15, -0.1) is 24.2 Å². The molecule has 0 saturated carbocycles. The fraction of sp³-hybridized carbons (Fsp3) is 0.273. The van der Waals surface area contributed by atoms with E-state index in [-0.39, 0.29) is 35.8 Å². The molecular weight excluding hydrogens is 602 g/mol. The van der Waals surface area contributed by atoms with Crippen molar-refractivity contribution in [1.82, 2.24) is 10.2 Å². The number of benzene rings is 3. The first-order valence-corrected chi connectivity index (χ1v) is 15.0. The topological polar surface area (TPSA) is 125 Å². The van der Waals surface area contributed by atoms with E-state index in [9.17, 15) is 24.8 Å². The molecule has 1 aliphatic rings. The molecule has 0 spiro atoms. The Bertz CT molecular complexity index is 1510. The number of halogens is 1. The number of nitrogens with zero attached hydrogens (tertiary/aromatic N) is 2. The predicted molar refractivity (Wildman–Crippen MR) is 171 cm³/mol. The fourth-order valence-corrected chi connectivity index (χ4v) is 6.07. The average molecular weight is 637 g/mol. The first-order valence-electron chi connectivity index (χ1n) is 14.0. The third-order valence-electron chi connectivity index (χ3n) is 7.13. The highest BCUT2D eigenvalue weighted by Crippen LogP contribution is 2.39. The lowest BCUT2D eigenvalue weighted by Gasteiger charge is -2.32. The second-order valence-corrected chi connectivity index (χ2v) is 11.4. The van der Waals surface area contributed by atoms with Crippen molar-refractivity contribution in [1.29, 1.82) is 0 Å². The van der Waals surface area contributed by atoms with Gasteiger partial charge in [-0.1, -0.05) is 60.7 Å². The molecule has 0 saturated heterocycles. The highest BCUT2D eigenvalue weighted by Gasteiger charge is 2.35. The number of dihydropyridines is 1. The molecular formula is C33H35ClN3O6S-. The predicted octanol–water partition coefficient (Wildman–Crippen LogP) is 5.23. The summed E-state index contributed by atoms with van der Waals surface area (Å²) in [6.07, 6.45) is 0.567. The Morgan fingerprint density at radius 3 is 2.25 bits per heavy atom. The third-order valence-corrected chi connectivity index (χ3v) is 8.13. The number of nitro groups is 1. The number of thioether (sulfide) groups is 1. The molecule has 1 unspecified atom stereocenters. The molecule has 1 atom stereocenters. The van der Waals surface area contributed by atoms with Gasteiger partial charge in [-0.25, -0.2) is 4.79 Å². The number of hydrogen-bond donors (Lipinski definition) is 1. The largest absolute Gasteiger partial charge is 0.545 e. The summed E-state index contributed by atoms with van der Waals surface area (Å²) in [5, 5.41) is 26.5. The van der Waals surface area contributed by atoms with Gasteiger partial charge >= 0.3 is 5.97 Å². The molecule has 44 heavy (non-hydrogen) atoms. The van der Waals surface area contributed by atoms with E-state index >= 15 is 0 Å². The minimum absolute atomic E-state index is 0. The monoisotopic (exact) mass is 636 g/mol. The molecule has 1 heterocycles. The SMILES string of the molecule is CC1=C(C(=O)[O-])C(c2cccc([N+](=O)[O-])c2)C(C(=O)OCCCN(CCSc2ccccc2)Cc2ccccc2)=C(C)N1.Cl. The zero-order chi connectivity index (χ0) is 30.8. The van der Waals surface area contributed by atoms with Crippen molar-refractivity contribution >= 4 is 41.8 Å². The quantitative estimate of drug-likeness (QED) is 0.0832. The molecule has 1 N–H and O–H groups in total. The van der Waals surface area contributed by atoms with Crippen LogP contribution < -0.4 is 10.4 Å². The van der Waals surface area contributed by atoms with Crippen LogP contribution in [0.2, 0.25) is 0 Å². The average Bonchev–Trinajstić information content (AvgIpc) is 2.99. The van der Waals surface area contributed by atoms with E-state index in [2.05, 4.69) is 34.5 Å². The van der Waals surface area contributed by atoms with Crippen LogP contribution in [0, 0.1) is 10.1 Å². The molecule has 3 aromatic rings. The number of non-ortho nitro benzene ring substituents is 1. The summed E-state index contributed by atoms with van der Waals surface area (Å²) in [7, 11) is 0. The van der Waals surface area contributed by atoms with E-state index in [0.29, 0.717) is 29.9 Å². The van der Waals surface area contributed by atoms with Gasteiger partial charge in [0.1, 0.15) is 0 Å². The third kappa shape index (κ3) is 9.19. The van der Waals surface area contributed by atoms with Crippen molar-refractivity contribution in [3.63, 3.8) is 0 Å². The maximum absolute atomic E-state index is 13.4. The van der Waals surface area contributed by atoms with Crippen molar-refractivity contribution in [2.75, 3.05) is 25.4 Å². The minimum atomic E-state index is -1.47. The smallest absolute Gasteiger partial charge is 0.336 e. The van der Waals surface area contributed by atoms with E-state index in [1.807, 2.05) is 36.4 Å². The number of hydrogen-bond acceptors (Lipinski definition) is 9. The molecule has 232 valence electrons. The molecule has 3 aromatic carbocycles. The summed E-state index contributed by atoms with van der Waals surface area (Å²) in [5.74, 6) is -2.33. The highest BCUT2D eigenvalue weighted by atomic mass is 35.5. The molecule has 0 amide bonds. The number of ether oxygens (including phenoxy) is 1. The maximum atomic E-state index is 13.4. The van der Waals surface area contributed by atoms with Gasteiger partial charge < -0.3 is 20.0 Å². The zero-order valence-electron chi connectivity index (χ0n) is 24.6. The van der Waals surface area contributed by atoms with Gasteiger partial charge in [0.2, 0.25) is 0 Å². The number of carbonyl (C=O) groups excluding carboxylic acids is 2. The van der Waals surface area contributed by atoms with Crippen LogP contribution in [0.5, 0.6) is 0 Å². The van der Waals surface area contributed by atoms with Gasteiger partial charge in [-0.05, 0) is 43.5 Å². The number of carboxylic acid groups (broad SMARTS) is 1. The number of nitro benzene ring substituents is 1. The van der Waals surface area contributed by atoms with Crippen LogP contribution in [-0.4, -0.2) is 47.2 Å². The van der Waals surface area contributed by atoms with Crippen LogP contribution in [0.3, 0.4) is 0 Å². The van der Waals surface area contributed by atoms with Crippen molar-refractivity contribution in [3.05, 3.63) is 129 Å². The number of rotatable bonds is 14. The van der Waals surface area contributed by atoms with Gasteiger partial charge in [0.15, 0.2) is 0 Å². The van der Waals surface area contributed by atoms with Crippen molar-refractivity contribution < 1.29 is 24.4 Å². The Labute approximate surface area is 267 Å². The lowest BCUT2D eigenvalue weighted by molar-refractivity contribution is -0.384. The standard InChI is InChI=1S/C33H35N3O6S.ClH/c1-23-29(32(37)38)31(26-13-9-14-27(21-26)36(40)41)30(24(2)34-23)33(39)42-19-10-17-35(22-25-11-5-3-6-12-25)18-20-43-28-15-7-4-8-16-28;/h3-9,11-16,21,31,34H,10,17-20,22H2,1-2H3,(H,37,38);1H/p-1. The molecule has 0 bridgehead atoms. The van der Waals surface area contributed by atoms with E-state index in [0.717, 1.165) is 18.8 Å². The first-order chi connectivity index (χ1) is 20.7. The van der Waals surface area contributed by atoms with E-state index < -0.39 is 22.8 Å². The molecule has 4 rings (SSSR count). The summed E-state index contributed by atoms with van der Waals surface area (Å²) in [5.41, 5.74) is 1.93. The summed E-state index contributed by atoms with van der Waals surface area (Å²) in [6.45, 7) is 5.63. The molecule has 11 heteroatoms. The van der Waals surface area contributed by atoms with Gasteiger partial charge in [0, 0.05) is 65.3 Å². The summed E-state index contributed by atoms with van der Waals surface area (Å²) in [4.78, 5) is 40.0. The van der Waals surface area contributed by atoms with Crippen LogP contribution in [0.1, 0.15) is 37.3 Å². The number of nitrogens with one attached hydrogen (secondary N) is 1. The van der Waals surface area contributed by atoms with Crippen molar-refractivity contribution in [2.45, 2.75) is 37.6 Å². The van der Waals surface area contributed by atoms with Crippen LogP contribution in [0.25, 0.3) is 0 Å². The van der Waals surface area contributed by atoms with Gasteiger partial charge in [0.05, 0.1) is 23.1 Å². The summed E-state index contributed by atoms with van der Waals surface area (Å²) in [6, 6.07) is 26.0. The Morgan fingerprint density at radius 1 is 0.932 bits per heavy atom. The van der Waals surface area contributed by atoms with E-state index in [1.165, 1.54) is 28.7 Å². The Kier molecular flexibility index (Phi) is 13.0. The van der Waals surface area contributed by atoms with Gasteiger partial charge in [-0.2, -0.15) is 0 Å². The zero-order valence-corrected chi connectivity index (χ0v) is 26.2. The fourth-order valence-electron chi connectivity index (χ4n) is 5.14. The molecule has 0 radical (unpaired) electrons. The lowest BCUT2D eigenvalue weighted by atomic mass is 9.80. The summed E-state index contributed by atoms with van der Waals surface area (Å²) < 4.78 is 5.68. The first kappa shape index (κ1) is 34.4. The number of allylic oxidation sites excluding steroid dienone is 2. The summed E-state index contributed by atoms with van der Waals surface area (Å²) >= 11 is 1.79. The van der Waals surface area contributed by atoms with Crippen LogP contribution in [0.15, 0.2) is 112 Å². The Hall–Kier alpha value is -4.12. The maximum Gasteiger partial charge on any atom is 0.336 e. The van der Waals surface area contributed by atoms with Crippen LogP contribution in [0.4, 0.5) is 5.69 Å². The van der Waals surface area contributed by atoms with E-state index in [1.54, 1.807) is 31.7 Å². The molecule has 0 fully saturated rings. The molecule has 1 aliphatic heterocycles. The highest BCUT2D eigenvalue weighted by molar-refractivity contribution is 7.99. The van der Waals surface area contributed by atoms with Crippen LogP contribution >= 0.6 is 24.2 Å². The molecule has 0 aromatic heterocycles. The normalized spacial score (nSPS) is 14.6. The van der Waals surface area contributed by atoms with Crippen LogP contribution in [-0.2, 0) is 20.9 Å². The minimum Gasteiger partial charge on any atom is -0.545 e. The van der Waals surface area contributed by atoms with Crippen molar-refractivity contribution in [2.24, 2.45) is 0 Å². The Morgan fingerprint density at radius 2 is 1.59 bits per heavy atom. The van der Waals surface area contributed by atoms with Crippen molar-refractivity contribution in [3.8, 4) is 0 Å². The van der Waals surface area contributed by atoms with Gasteiger partial charge in [0.25, 0.3) is 5.69 Å². The number of carboxylic acids is 1. The van der Waals surface area contributed by atoms with Gasteiger partial charge in [-0.3, -0.25) is 15.0 Å². The number of esters is 1. The molecule has 0 aliphatic carbocycles. The second-order valence-electron chi connectivity index (χ2n) is 10.2.